The number of hydrogen-bond acceptors (Lipinski definition) is 2. The van der Waals surface area contributed by atoms with Crippen molar-refractivity contribution in [2.45, 2.75) is 12.0 Å². The fourth-order valence-electron chi connectivity index (χ4n) is 10.5. The van der Waals surface area contributed by atoms with Crippen molar-refractivity contribution in [3.8, 4) is 83.8 Å². The van der Waals surface area contributed by atoms with Gasteiger partial charge in [-0.05, 0) is 110 Å². The van der Waals surface area contributed by atoms with Crippen LogP contribution >= 0.6 is 0 Å². The summed E-state index contributed by atoms with van der Waals surface area (Å²) in [6, 6.07) is 77.6. The van der Waals surface area contributed by atoms with Crippen LogP contribution in [-0.4, -0.2) is 15.6 Å². The number of hydrogen-bond donors (Lipinski definition) is 0. The molecule has 0 bridgehead atoms. The zero-order valence-electron chi connectivity index (χ0n) is 35.0. The van der Waals surface area contributed by atoms with Crippen molar-refractivity contribution in [2.75, 3.05) is 4.90 Å². The van der Waals surface area contributed by atoms with Crippen LogP contribution in [-0.2, 0) is 0 Å². The summed E-state index contributed by atoms with van der Waals surface area (Å²) < 4.78 is 2.27. The van der Waals surface area contributed by atoms with Crippen molar-refractivity contribution in [1.82, 2.24) is 9.55 Å². The molecule has 10 aromatic rings. The van der Waals surface area contributed by atoms with Gasteiger partial charge in [0.1, 0.15) is 5.82 Å². The summed E-state index contributed by atoms with van der Waals surface area (Å²) in [7, 11) is 0. The fourth-order valence-corrected chi connectivity index (χ4v) is 10.5. The van der Waals surface area contributed by atoms with Crippen LogP contribution in [0.1, 0.15) is 11.5 Å². The Kier molecular flexibility index (Phi) is 8.35. The molecule has 3 heteroatoms. The quantitative estimate of drug-likeness (QED) is 0.167. The van der Waals surface area contributed by atoms with Crippen LogP contribution in [0.3, 0.4) is 0 Å². The first-order chi connectivity index (χ1) is 31.7. The maximum Gasteiger partial charge on any atom is 0.145 e. The third kappa shape index (κ3) is 5.78. The molecule has 2 unspecified atom stereocenters. The average molecular weight is 816 g/mol. The molecule has 300 valence electrons. The molecule has 0 amide bonds. The van der Waals surface area contributed by atoms with E-state index in [-0.39, 0.29) is 12.0 Å². The first-order valence-corrected chi connectivity index (χ1v) is 22.2. The number of benzene rings is 9. The number of allylic oxidation sites excluding steroid dienone is 2. The van der Waals surface area contributed by atoms with Crippen molar-refractivity contribution in [2.24, 2.45) is 0 Å². The van der Waals surface area contributed by atoms with E-state index in [9.17, 15) is 0 Å². The Morgan fingerprint density at radius 1 is 0.359 bits per heavy atom. The number of imidazole rings is 1. The van der Waals surface area contributed by atoms with Crippen molar-refractivity contribution in [3.05, 3.63) is 242 Å². The number of fused-ring (bicyclic) bond motifs is 9. The van der Waals surface area contributed by atoms with Crippen LogP contribution in [0.4, 0.5) is 11.4 Å². The summed E-state index contributed by atoms with van der Waals surface area (Å²) in [5.41, 5.74) is 22.8. The predicted molar refractivity (Wildman–Crippen MR) is 266 cm³/mol. The average Bonchev–Trinajstić information content (AvgIpc) is 3.89. The Morgan fingerprint density at radius 3 is 1.64 bits per heavy atom. The van der Waals surface area contributed by atoms with E-state index >= 15 is 0 Å². The second-order valence-electron chi connectivity index (χ2n) is 17.1. The topological polar surface area (TPSA) is 21.1 Å². The smallest absolute Gasteiger partial charge is 0.145 e. The second kappa shape index (κ2) is 14.7. The molecule has 0 saturated carbocycles. The largest absolute Gasteiger partial charge is 0.332 e. The molecule has 3 heterocycles. The minimum absolute atomic E-state index is 0.113. The fraction of sp³-hybridized carbons (Fsp3) is 0.0328. The lowest BCUT2D eigenvalue weighted by Crippen LogP contribution is -2.29. The van der Waals surface area contributed by atoms with Gasteiger partial charge in [0.05, 0.1) is 28.5 Å². The van der Waals surface area contributed by atoms with Crippen LogP contribution in [0.25, 0.3) is 94.9 Å². The van der Waals surface area contributed by atoms with Crippen molar-refractivity contribution >= 4 is 22.4 Å². The van der Waals surface area contributed by atoms with Crippen LogP contribution < -0.4 is 4.90 Å². The maximum atomic E-state index is 5.17. The van der Waals surface area contributed by atoms with Crippen molar-refractivity contribution in [3.63, 3.8) is 0 Å². The third-order valence-corrected chi connectivity index (χ3v) is 13.4. The molecule has 64 heavy (non-hydrogen) atoms. The molecule has 3 aliphatic rings. The van der Waals surface area contributed by atoms with E-state index in [2.05, 4.69) is 246 Å². The zero-order chi connectivity index (χ0) is 42.1. The van der Waals surface area contributed by atoms with Gasteiger partial charge in [-0.1, -0.05) is 182 Å². The standard InChI is InChI=1S/C61H41N3/c1-4-17-40(18-5-1)44-35-45(41-19-6-2-7-20-41)37-47(36-44)49-26-16-27-53-50-23-10-11-24-51(50)54-38-46(39-55-52-25-12-14-29-57(52)64(59(49)53)60(54)55)42-31-33-43(34-32-42)61-62-56-28-13-15-30-58(56)63(61)48-21-8-3-9-22-48/h1-39,52,57H. The molecule has 9 aromatic carbocycles. The third-order valence-electron chi connectivity index (χ3n) is 13.4. The Hall–Kier alpha value is -8.27. The van der Waals surface area contributed by atoms with Gasteiger partial charge in [-0.25, -0.2) is 4.98 Å². The first-order valence-electron chi connectivity index (χ1n) is 22.2. The van der Waals surface area contributed by atoms with E-state index in [1.54, 1.807) is 0 Å². The molecule has 13 rings (SSSR count). The van der Waals surface area contributed by atoms with Gasteiger partial charge in [0.2, 0.25) is 0 Å². The van der Waals surface area contributed by atoms with Crippen LogP contribution in [0, 0.1) is 0 Å². The van der Waals surface area contributed by atoms with E-state index < -0.39 is 0 Å². The molecular formula is C61H41N3. The molecule has 0 saturated heterocycles. The molecule has 0 radical (unpaired) electrons. The summed E-state index contributed by atoms with van der Waals surface area (Å²) in [5.74, 6) is 1.12. The number of para-hydroxylation sites is 4. The molecule has 2 aliphatic heterocycles. The lowest BCUT2D eigenvalue weighted by atomic mass is 9.85. The molecular weight excluding hydrogens is 775 g/mol. The minimum Gasteiger partial charge on any atom is -0.332 e. The van der Waals surface area contributed by atoms with Gasteiger partial charge >= 0.3 is 0 Å². The highest BCUT2D eigenvalue weighted by atomic mass is 15.2. The molecule has 1 aromatic heterocycles. The number of rotatable bonds is 6. The maximum absolute atomic E-state index is 5.17. The molecule has 1 aliphatic carbocycles. The molecule has 3 nitrogen and oxygen atoms in total. The highest BCUT2D eigenvalue weighted by Crippen LogP contribution is 2.60. The van der Waals surface area contributed by atoms with Gasteiger partial charge in [0.15, 0.2) is 0 Å². The van der Waals surface area contributed by atoms with Gasteiger partial charge in [-0.3, -0.25) is 4.57 Å². The Balaban J connectivity index is 0.997. The lowest BCUT2D eigenvalue weighted by Gasteiger charge is -2.32. The molecule has 0 fully saturated rings. The summed E-state index contributed by atoms with van der Waals surface area (Å²) in [6.45, 7) is 0. The van der Waals surface area contributed by atoms with Gasteiger partial charge in [-0.2, -0.15) is 0 Å². The van der Waals surface area contributed by atoms with E-state index in [4.69, 9.17) is 4.98 Å². The monoisotopic (exact) mass is 815 g/mol. The highest BCUT2D eigenvalue weighted by Gasteiger charge is 2.43. The van der Waals surface area contributed by atoms with E-state index in [1.165, 1.54) is 83.7 Å². The summed E-state index contributed by atoms with van der Waals surface area (Å²) in [4.78, 5) is 7.84. The lowest BCUT2D eigenvalue weighted by molar-refractivity contribution is 0.746. The van der Waals surface area contributed by atoms with Crippen molar-refractivity contribution < 1.29 is 0 Å². The SMILES string of the molecule is C1=CC2c3cc(-c4ccc(-c5nc6ccccc6n5-c5ccccc5)cc4)cc4c3N(c3c(-c5cc(-c6ccccc6)cc(-c6ccccc6)c5)cccc3-c3ccccc3-4)C2C=C1. The van der Waals surface area contributed by atoms with E-state index in [0.29, 0.717) is 0 Å². The van der Waals surface area contributed by atoms with Gasteiger partial charge < -0.3 is 4.90 Å². The Labute approximate surface area is 373 Å². The number of anilines is 2. The first kappa shape index (κ1) is 36.4. The number of nitrogens with zero attached hydrogens (tertiary/aromatic N) is 3. The summed E-state index contributed by atoms with van der Waals surface area (Å²) in [5, 5.41) is 0. The van der Waals surface area contributed by atoms with Crippen LogP contribution in [0.5, 0.6) is 0 Å². The summed E-state index contributed by atoms with van der Waals surface area (Å²) >= 11 is 0. The predicted octanol–water partition coefficient (Wildman–Crippen LogP) is 15.7. The van der Waals surface area contributed by atoms with Gasteiger partial charge in [0, 0.05) is 33.9 Å². The van der Waals surface area contributed by atoms with Crippen LogP contribution in [0.2, 0.25) is 0 Å². The minimum atomic E-state index is 0.113. The molecule has 2 atom stereocenters. The Bertz CT molecular complexity index is 3430. The second-order valence-corrected chi connectivity index (χ2v) is 17.1. The van der Waals surface area contributed by atoms with E-state index in [1.807, 2.05) is 0 Å². The Morgan fingerprint density at radius 2 is 0.906 bits per heavy atom. The van der Waals surface area contributed by atoms with Gasteiger partial charge in [0.25, 0.3) is 0 Å². The molecule has 0 N–H and O–H groups in total. The van der Waals surface area contributed by atoms with Crippen LogP contribution in [0.15, 0.2) is 237 Å². The summed E-state index contributed by atoms with van der Waals surface area (Å²) in [6.07, 6.45) is 9.29. The van der Waals surface area contributed by atoms with Gasteiger partial charge in [-0.15, -0.1) is 0 Å². The zero-order valence-corrected chi connectivity index (χ0v) is 35.0. The van der Waals surface area contributed by atoms with Crippen molar-refractivity contribution in [1.29, 1.82) is 0 Å². The molecule has 0 spiro atoms. The normalized spacial score (nSPS) is 15.3. The van der Waals surface area contributed by atoms with E-state index in [0.717, 1.165) is 28.1 Å². The number of aromatic nitrogens is 2. The highest BCUT2D eigenvalue weighted by molar-refractivity contribution is 6.07.